The number of aliphatic carboxylic acids is 1. The molecule has 0 amide bonds. The van der Waals surface area contributed by atoms with Crippen molar-refractivity contribution in [1.29, 1.82) is 0 Å². The Bertz CT molecular complexity index is 344. The lowest BCUT2D eigenvalue weighted by atomic mass is 10.1. The van der Waals surface area contributed by atoms with Gasteiger partial charge in [-0.15, -0.1) is 0 Å². The third-order valence-electron chi connectivity index (χ3n) is 2.38. The number of thioether (sulfide) groups is 1. The van der Waals surface area contributed by atoms with Crippen molar-refractivity contribution < 1.29 is 14.3 Å². The van der Waals surface area contributed by atoms with Crippen molar-refractivity contribution in [3.05, 3.63) is 17.8 Å². The monoisotopic (exact) mass is 227 g/mol. The Hall–Kier alpha value is -0.970. The van der Waals surface area contributed by atoms with E-state index in [2.05, 4.69) is 4.98 Å². The normalized spacial score (nSPS) is 21.5. The van der Waals surface area contributed by atoms with Gasteiger partial charge in [0.1, 0.15) is 12.7 Å². The summed E-state index contributed by atoms with van der Waals surface area (Å²) in [6, 6.07) is 0. The van der Waals surface area contributed by atoms with Crippen molar-refractivity contribution >= 4 is 17.7 Å². The van der Waals surface area contributed by atoms with Crippen LogP contribution < -0.4 is 0 Å². The summed E-state index contributed by atoms with van der Waals surface area (Å²) >= 11 is 1.88. The molecule has 0 saturated carbocycles. The highest BCUT2D eigenvalue weighted by Crippen LogP contribution is 2.37. The fourth-order valence-electron chi connectivity index (χ4n) is 1.66. The lowest BCUT2D eigenvalue weighted by Gasteiger charge is -2.18. The minimum absolute atomic E-state index is 0.128. The third kappa shape index (κ3) is 2.75. The van der Waals surface area contributed by atoms with Gasteiger partial charge in [-0.3, -0.25) is 4.79 Å². The summed E-state index contributed by atoms with van der Waals surface area (Å²) in [4.78, 5) is 14.7. The molecule has 0 aromatic carbocycles. The standard InChI is InChI=1S/C10H13NO3S/c12-10(13)5-9-11-7(6-14-9)8-3-1-2-4-15-8/h6,8H,1-5H2,(H,12,13). The van der Waals surface area contributed by atoms with Crippen molar-refractivity contribution in [2.75, 3.05) is 5.75 Å². The summed E-state index contributed by atoms with van der Waals surface area (Å²) < 4.78 is 5.12. The first-order valence-electron chi connectivity index (χ1n) is 5.03. The lowest BCUT2D eigenvalue weighted by Crippen LogP contribution is -2.04. The maximum absolute atomic E-state index is 10.4. The van der Waals surface area contributed by atoms with Crippen LogP contribution in [0.15, 0.2) is 10.7 Å². The quantitative estimate of drug-likeness (QED) is 0.858. The van der Waals surface area contributed by atoms with Crippen LogP contribution in [0.4, 0.5) is 0 Å². The van der Waals surface area contributed by atoms with Crippen LogP contribution in [-0.2, 0) is 11.2 Å². The summed E-state index contributed by atoms with van der Waals surface area (Å²) in [5.41, 5.74) is 0.899. The Balaban J connectivity index is 2.02. The second-order valence-corrected chi connectivity index (χ2v) is 4.90. The average Bonchev–Trinajstić information content (AvgIpc) is 2.67. The van der Waals surface area contributed by atoms with Gasteiger partial charge in [0.15, 0.2) is 0 Å². The molecule has 5 heteroatoms. The predicted octanol–water partition coefficient (Wildman–Crippen LogP) is 2.26. The third-order valence-corrected chi connectivity index (χ3v) is 3.79. The van der Waals surface area contributed by atoms with E-state index in [1.54, 1.807) is 6.26 Å². The number of aromatic nitrogens is 1. The zero-order chi connectivity index (χ0) is 10.7. The Kier molecular flexibility index (Phi) is 3.30. The molecular formula is C10H13NO3S. The number of carbonyl (C=O) groups is 1. The molecule has 1 atom stereocenters. The highest BCUT2D eigenvalue weighted by molar-refractivity contribution is 7.99. The molecule has 15 heavy (non-hydrogen) atoms. The number of oxazole rings is 1. The van der Waals surface area contributed by atoms with Crippen LogP contribution in [0, 0.1) is 0 Å². The van der Waals surface area contributed by atoms with Gasteiger partial charge >= 0.3 is 5.97 Å². The van der Waals surface area contributed by atoms with Gasteiger partial charge in [-0.1, -0.05) is 6.42 Å². The van der Waals surface area contributed by atoms with Gasteiger partial charge in [0, 0.05) is 0 Å². The van der Waals surface area contributed by atoms with Crippen LogP contribution in [0.2, 0.25) is 0 Å². The number of carboxylic acid groups (broad SMARTS) is 1. The maximum Gasteiger partial charge on any atom is 0.312 e. The maximum atomic E-state index is 10.4. The van der Waals surface area contributed by atoms with Crippen LogP contribution in [0.3, 0.4) is 0 Å². The van der Waals surface area contributed by atoms with E-state index in [9.17, 15) is 4.79 Å². The molecule has 1 aromatic heterocycles. The van der Waals surface area contributed by atoms with E-state index in [1.165, 1.54) is 12.8 Å². The zero-order valence-electron chi connectivity index (χ0n) is 8.31. The molecule has 1 aromatic rings. The Morgan fingerprint density at radius 1 is 1.67 bits per heavy atom. The van der Waals surface area contributed by atoms with Crippen LogP contribution in [-0.4, -0.2) is 21.8 Å². The number of carboxylic acids is 1. The lowest BCUT2D eigenvalue weighted by molar-refractivity contribution is -0.136. The second-order valence-electron chi connectivity index (χ2n) is 3.59. The fourth-order valence-corrected chi connectivity index (χ4v) is 2.93. The van der Waals surface area contributed by atoms with Crippen molar-refractivity contribution in [3.63, 3.8) is 0 Å². The number of hydrogen-bond donors (Lipinski definition) is 1. The van der Waals surface area contributed by atoms with E-state index in [0.717, 1.165) is 17.9 Å². The van der Waals surface area contributed by atoms with Gasteiger partial charge in [0.05, 0.1) is 10.9 Å². The van der Waals surface area contributed by atoms with E-state index in [-0.39, 0.29) is 6.42 Å². The van der Waals surface area contributed by atoms with E-state index >= 15 is 0 Å². The van der Waals surface area contributed by atoms with E-state index in [1.807, 2.05) is 11.8 Å². The van der Waals surface area contributed by atoms with Crippen LogP contribution in [0.25, 0.3) is 0 Å². The first-order valence-corrected chi connectivity index (χ1v) is 6.08. The largest absolute Gasteiger partial charge is 0.481 e. The van der Waals surface area contributed by atoms with Crippen molar-refractivity contribution in [1.82, 2.24) is 4.98 Å². The van der Waals surface area contributed by atoms with Gasteiger partial charge in [0.25, 0.3) is 0 Å². The molecule has 1 aliphatic rings. The minimum atomic E-state index is -0.903. The van der Waals surface area contributed by atoms with E-state index in [0.29, 0.717) is 11.1 Å². The molecule has 1 aliphatic heterocycles. The van der Waals surface area contributed by atoms with Crippen molar-refractivity contribution in [2.24, 2.45) is 0 Å². The van der Waals surface area contributed by atoms with E-state index in [4.69, 9.17) is 9.52 Å². The highest BCUT2D eigenvalue weighted by atomic mass is 32.2. The van der Waals surface area contributed by atoms with Crippen LogP contribution in [0.1, 0.15) is 36.1 Å². The van der Waals surface area contributed by atoms with Crippen molar-refractivity contribution in [2.45, 2.75) is 30.9 Å². The van der Waals surface area contributed by atoms with E-state index < -0.39 is 5.97 Å². The predicted molar refractivity (Wildman–Crippen MR) is 56.9 cm³/mol. The number of hydrogen-bond acceptors (Lipinski definition) is 4. The van der Waals surface area contributed by atoms with Crippen molar-refractivity contribution in [3.8, 4) is 0 Å². The molecule has 82 valence electrons. The second kappa shape index (κ2) is 4.70. The van der Waals surface area contributed by atoms with Gasteiger partial charge in [-0.05, 0) is 18.6 Å². The molecule has 0 aliphatic carbocycles. The number of rotatable bonds is 3. The Morgan fingerprint density at radius 3 is 3.20 bits per heavy atom. The Morgan fingerprint density at radius 2 is 2.53 bits per heavy atom. The Labute approximate surface area is 92.1 Å². The molecule has 0 spiro atoms. The molecule has 2 heterocycles. The molecular weight excluding hydrogens is 214 g/mol. The molecule has 4 nitrogen and oxygen atoms in total. The highest BCUT2D eigenvalue weighted by Gasteiger charge is 2.20. The summed E-state index contributed by atoms with van der Waals surface area (Å²) in [7, 11) is 0. The molecule has 2 rings (SSSR count). The summed E-state index contributed by atoms with van der Waals surface area (Å²) in [5, 5.41) is 8.97. The average molecular weight is 227 g/mol. The molecule has 1 fully saturated rings. The first kappa shape index (κ1) is 10.5. The summed E-state index contributed by atoms with van der Waals surface area (Å²) in [6.45, 7) is 0. The minimum Gasteiger partial charge on any atom is -0.481 e. The summed E-state index contributed by atoms with van der Waals surface area (Å²) in [5.74, 6) is 0.564. The molecule has 1 N–H and O–H groups in total. The van der Waals surface area contributed by atoms with Gasteiger partial charge in [0.2, 0.25) is 5.89 Å². The van der Waals surface area contributed by atoms with Crippen LogP contribution in [0.5, 0.6) is 0 Å². The summed E-state index contributed by atoms with van der Waals surface area (Å²) in [6.07, 6.45) is 5.07. The van der Waals surface area contributed by atoms with Gasteiger partial charge < -0.3 is 9.52 Å². The molecule has 1 unspecified atom stereocenters. The topological polar surface area (TPSA) is 63.3 Å². The van der Waals surface area contributed by atoms with Gasteiger partial charge in [-0.2, -0.15) is 11.8 Å². The number of nitrogens with zero attached hydrogens (tertiary/aromatic N) is 1. The molecule has 0 bridgehead atoms. The SMILES string of the molecule is O=C(O)Cc1nc(C2CCCCS2)co1. The fraction of sp³-hybridized carbons (Fsp3) is 0.600. The first-order chi connectivity index (χ1) is 7.25. The zero-order valence-corrected chi connectivity index (χ0v) is 9.13. The van der Waals surface area contributed by atoms with Crippen LogP contribution >= 0.6 is 11.8 Å². The molecule has 1 saturated heterocycles. The molecule has 0 radical (unpaired) electrons. The van der Waals surface area contributed by atoms with Gasteiger partial charge in [-0.25, -0.2) is 4.98 Å². The smallest absolute Gasteiger partial charge is 0.312 e.